The van der Waals surface area contributed by atoms with E-state index in [9.17, 15) is 4.79 Å². The third kappa shape index (κ3) is 2.66. The van der Waals surface area contributed by atoms with Gasteiger partial charge in [0.25, 0.3) is 0 Å². The van der Waals surface area contributed by atoms with Crippen molar-refractivity contribution in [2.45, 2.75) is 32.2 Å². The van der Waals surface area contributed by atoms with Crippen molar-refractivity contribution in [3.05, 3.63) is 40.9 Å². The Balaban J connectivity index is 2.12. The molecule has 128 valence electrons. The lowest BCUT2D eigenvalue weighted by Gasteiger charge is -2.14. The van der Waals surface area contributed by atoms with E-state index >= 15 is 0 Å². The Morgan fingerprint density at radius 2 is 2.24 bits per heavy atom. The number of fused-ring (bicyclic) bond motifs is 1. The van der Waals surface area contributed by atoms with Crippen molar-refractivity contribution < 1.29 is 9.53 Å². The first kappa shape index (κ1) is 16.0. The molecule has 0 aromatic carbocycles. The topological polar surface area (TPSA) is 69.9 Å². The summed E-state index contributed by atoms with van der Waals surface area (Å²) in [6, 6.07) is 3.59. The van der Waals surface area contributed by atoms with Crippen LogP contribution in [0.2, 0.25) is 5.15 Å². The molecule has 1 saturated carbocycles. The molecule has 3 heterocycles. The van der Waals surface area contributed by atoms with Gasteiger partial charge in [-0.25, -0.2) is 19.4 Å². The zero-order chi connectivity index (χ0) is 17.6. The summed E-state index contributed by atoms with van der Waals surface area (Å²) in [6.45, 7) is 2.72. The number of hydrogen-bond acceptors (Lipinski definition) is 5. The molecule has 1 aliphatic carbocycles. The van der Waals surface area contributed by atoms with Gasteiger partial charge in [-0.2, -0.15) is 5.10 Å². The number of pyridine rings is 2. The Morgan fingerprint density at radius 3 is 2.88 bits per heavy atom. The van der Waals surface area contributed by atoms with Crippen molar-refractivity contribution in [2.24, 2.45) is 0 Å². The second-order valence-corrected chi connectivity index (χ2v) is 6.47. The van der Waals surface area contributed by atoms with E-state index in [1.165, 1.54) is 7.11 Å². The SMILES string of the molecule is CCn1ncc2c(-c3ccnc(Cl)c3)c(C(=O)OC)c(C3CC3)nc21. The summed E-state index contributed by atoms with van der Waals surface area (Å²) in [4.78, 5) is 21.5. The summed E-state index contributed by atoms with van der Waals surface area (Å²) in [5, 5.41) is 5.61. The lowest BCUT2D eigenvalue weighted by molar-refractivity contribution is 0.0600. The second kappa shape index (κ2) is 6.11. The first-order valence-electron chi connectivity index (χ1n) is 8.23. The van der Waals surface area contributed by atoms with Gasteiger partial charge in [-0.3, -0.25) is 0 Å². The fourth-order valence-corrected chi connectivity index (χ4v) is 3.33. The van der Waals surface area contributed by atoms with Crippen LogP contribution in [0.5, 0.6) is 0 Å². The average molecular weight is 357 g/mol. The highest BCUT2D eigenvalue weighted by Gasteiger charge is 2.34. The highest BCUT2D eigenvalue weighted by Crippen LogP contribution is 2.45. The summed E-state index contributed by atoms with van der Waals surface area (Å²) in [5.74, 6) is -0.0988. The number of hydrogen-bond donors (Lipinski definition) is 0. The van der Waals surface area contributed by atoms with Crippen molar-refractivity contribution in [1.29, 1.82) is 0 Å². The molecule has 3 aromatic heterocycles. The highest BCUT2D eigenvalue weighted by molar-refractivity contribution is 6.29. The molecule has 0 aliphatic heterocycles. The summed E-state index contributed by atoms with van der Waals surface area (Å²) >= 11 is 6.10. The van der Waals surface area contributed by atoms with Gasteiger partial charge in [0.05, 0.1) is 24.6 Å². The molecule has 0 N–H and O–H groups in total. The van der Waals surface area contributed by atoms with Gasteiger partial charge in [0.1, 0.15) is 5.15 Å². The molecule has 3 aromatic rings. The van der Waals surface area contributed by atoms with E-state index in [1.54, 1.807) is 18.5 Å². The largest absolute Gasteiger partial charge is 0.465 e. The van der Waals surface area contributed by atoms with Crippen LogP contribution in [0.25, 0.3) is 22.2 Å². The zero-order valence-electron chi connectivity index (χ0n) is 14.0. The van der Waals surface area contributed by atoms with Gasteiger partial charge in [-0.1, -0.05) is 11.6 Å². The van der Waals surface area contributed by atoms with Gasteiger partial charge in [0, 0.05) is 29.6 Å². The van der Waals surface area contributed by atoms with Gasteiger partial charge in [-0.15, -0.1) is 0 Å². The summed E-state index contributed by atoms with van der Waals surface area (Å²) in [6.07, 6.45) is 5.43. The number of carbonyl (C=O) groups is 1. The Labute approximate surface area is 149 Å². The smallest absolute Gasteiger partial charge is 0.340 e. The first-order chi connectivity index (χ1) is 12.1. The molecule has 7 heteroatoms. The van der Waals surface area contributed by atoms with Crippen LogP contribution in [0.15, 0.2) is 24.5 Å². The number of carbonyl (C=O) groups excluding carboxylic acids is 1. The molecule has 4 rings (SSSR count). The van der Waals surface area contributed by atoms with Crippen LogP contribution >= 0.6 is 11.6 Å². The number of aromatic nitrogens is 4. The molecule has 6 nitrogen and oxygen atoms in total. The molecule has 0 bridgehead atoms. The lowest BCUT2D eigenvalue weighted by Crippen LogP contribution is -2.11. The molecule has 0 spiro atoms. The predicted molar refractivity (Wildman–Crippen MR) is 94.8 cm³/mol. The van der Waals surface area contributed by atoms with Crippen molar-refractivity contribution in [2.75, 3.05) is 7.11 Å². The molecule has 0 saturated heterocycles. The Hall–Kier alpha value is -2.47. The normalized spacial score (nSPS) is 14.0. The van der Waals surface area contributed by atoms with E-state index in [4.69, 9.17) is 21.3 Å². The van der Waals surface area contributed by atoms with Crippen LogP contribution in [0.1, 0.15) is 41.7 Å². The fraction of sp³-hybridized carbons (Fsp3) is 0.333. The van der Waals surface area contributed by atoms with Gasteiger partial charge in [0.2, 0.25) is 0 Å². The maximum absolute atomic E-state index is 12.6. The molecule has 1 aliphatic rings. The standard InChI is InChI=1S/C18H17ClN4O2/c1-3-23-17-12(9-21-23)14(11-6-7-20-13(19)8-11)15(18(24)25-2)16(22-17)10-4-5-10/h6-10H,3-5H2,1-2H3. The molecule has 0 radical (unpaired) electrons. The summed E-state index contributed by atoms with van der Waals surface area (Å²) in [5.41, 5.74) is 3.65. The molecule has 0 unspecified atom stereocenters. The number of aryl methyl sites for hydroxylation is 1. The second-order valence-electron chi connectivity index (χ2n) is 6.08. The minimum atomic E-state index is -0.386. The predicted octanol–water partition coefficient (Wildman–Crippen LogP) is 3.83. The third-order valence-electron chi connectivity index (χ3n) is 4.48. The van der Waals surface area contributed by atoms with Crippen molar-refractivity contribution >= 4 is 28.6 Å². The van der Waals surface area contributed by atoms with Gasteiger partial charge in [0.15, 0.2) is 5.65 Å². The van der Waals surface area contributed by atoms with E-state index in [0.717, 1.165) is 40.7 Å². The average Bonchev–Trinajstić information content (AvgIpc) is 3.39. The monoisotopic (exact) mass is 356 g/mol. The first-order valence-corrected chi connectivity index (χ1v) is 8.61. The number of esters is 1. The highest BCUT2D eigenvalue weighted by atomic mass is 35.5. The number of rotatable bonds is 4. The van der Waals surface area contributed by atoms with Crippen LogP contribution < -0.4 is 0 Å². The number of halogens is 1. The maximum atomic E-state index is 12.6. The molecule has 1 fully saturated rings. The maximum Gasteiger partial charge on any atom is 0.340 e. The van der Waals surface area contributed by atoms with Crippen LogP contribution in [-0.4, -0.2) is 32.8 Å². The molecule has 0 atom stereocenters. The van der Waals surface area contributed by atoms with Gasteiger partial charge < -0.3 is 4.74 Å². The van der Waals surface area contributed by atoms with Gasteiger partial charge in [-0.05, 0) is 37.5 Å². The van der Waals surface area contributed by atoms with Crippen LogP contribution in [-0.2, 0) is 11.3 Å². The molecular formula is C18H17ClN4O2. The zero-order valence-corrected chi connectivity index (χ0v) is 14.7. The van der Waals surface area contributed by atoms with Gasteiger partial charge >= 0.3 is 5.97 Å². The Kier molecular flexibility index (Phi) is 3.92. The number of nitrogens with zero attached hydrogens (tertiary/aromatic N) is 4. The Bertz CT molecular complexity index is 979. The van der Waals surface area contributed by atoms with Crippen LogP contribution in [0, 0.1) is 0 Å². The number of methoxy groups -OCH3 is 1. The van der Waals surface area contributed by atoms with E-state index in [2.05, 4.69) is 10.1 Å². The minimum absolute atomic E-state index is 0.287. The summed E-state index contributed by atoms with van der Waals surface area (Å²) in [7, 11) is 1.39. The van der Waals surface area contributed by atoms with Crippen LogP contribution in [0.4, 0.5) is 0 Å². The fourth-order valence-electron chi connectivity index (χ4n) is 3.16. The number of ether oxygens (including phenoxy) is 1. The lowest BCUT2D eigenvalue weighted by atomic mass is 9.95. The van der Waals surface area contributed by atoms with Crippen molar-refractivity contribution in [1.82, 2.24) is 19.7 Å². The van der Waals surface area contributed by atoms with E-state index in [0.29, 0.717) is 17.3 Å². The minimum Gasteiger partial charge on any atom is -0.465 e. The molecule has 25 heavy (non-hydrogen) atoms. The van der Waals surface area contributed by atoms with Crippen molar-refractivity contribution in [3.63, 3.8) is 0 Å². The van der Waals surface area contributed by atoms with Crippen LogP contribution in [0.3, 0.4) is 0 Å². The van der Waals surface area contributed by atoms with Crippen molar-refractivity contribution in [3.8, 4) is 11.1 Å². The molecular weight excluding hydrogens is 340 g/mol. The third-order valence-corrected chi connectivity index (χ3v) is 4.69. The molecule has 0 amide bonds. The summed E-state index contributed by atoms with van der Waals surface area (Å²) < 4.78 is 6.92. The van der Waals surface area contributed by atoms with E-state index < -0.39 is 0 Å². The van der Waals surface area contributed by atoms with E-state index in [-0.39, 0.29) is 11.9 Å². The quantitative estimate of drug-likeness (QED) is 0.525. The Morgan fingerprint density at radius 1 is 1.44 bits per heavy atom. The van der Waals surface area contributed by atoms with E-state index in [1.807, 2.05) is 17.7 Å².